The summed E-state index contributed by atoms with van der Waals surface area (Å²) in [6, 6.07) is 5.98. The standard InChI is InChI=1S/C14H19FO2/c15-11-7-9-12(10-8-11)17-14-6-4-2-1-3-5-13(14)16/h7-10,13-14,16H,1-6H2/t13-,14+/m0/s1. The zero-order valence-electron chi connectivity index (χ0n) is 9.94. The molecule has 1 aromatic carbocycles. The summed E-state index contributed by atoms with van der Waals surface area (Å²) >= 11 is 0. The Balaban J connectivity index is 1.97. The van der Waals surface area contributed by atoms with Crippen LogP contribution in [0.25, 0.3) is 0 Å². The van der Waals surface area contributed by atoms with Crippen molar-refractivity contribution in [3.63, 3.8) is 0 Å². The topological polar surface area (TPSA) is 29.5 Å². The first kappa shape index (κ1) is 12.4. The predicted octanol–water partition coefficient (Wildman–Crippen LogP) is 3.29. The summed E-state index contributed by atoms with van der Waals surface area (Å²) in [7, 11) is 0. The molecule has 0 heterocycles. The number of aliphatic hydroxyl groups is 1. The third-order valence-electron chi connectivity index (χ3n) is 3.27. The van der Waals surface area contributed by atoms with Gasteiger partial charge in [0.05, 0.1) is 6.10 Å². The van der Waals surface area contributed by atoms with E-state index in [-0.39, 0.29) is 11.9 Å². The van der Waals surface area contributed by atoms with E-state index in [0.717, 1.165) is 25.7 Å². The summed E-state index contributed by atoms with van der Waals surface area (Å²) in [5, 5.41) is 9.99. The van der Waals surface area contributed by atoms with Crippen molar-refractivity contribution < 1.29 is 14.2 Å². The maximum Gasteiger partial charge on any atom is 0.124 e. The molecule has 1 aliphatic carbocycles. The molecule has 2 atom stereocenters. The van der Waals surface area contributed by atoms with Gasteiger partial charge in [-0.05, 0) is 43.5 Å². The van der Waals surface area contributed by atoms with Crippen LogP contribution in [-0.2, 0) is 0 Å². The van der Waals surface area contributed by atoms with E-state index < -0.39 is 6.10 Å². The highest BCUT2D eigenvalue weighted by molar-refractivity contribution is 5.22. The van der Waals surface area contributed by atoms with Crippen molar-refractivity contribution in [1.29, 1.82) is 0 Å². The van der Waals surface area contributed by atoms with Gasteiger partial charge in [-0.2, -0.15) is 0 Å². The largest absolute Gasteiger partial charge is 0.488 e. The molecular weight excluding hydrogens is 219 g/mol. The van der Waals surface area contributed by atoms with Crippen molar-refractivity contribution in [2.75, 3.05) is 0 Å². The molecule has 17 heavy (non-hydrogen) atoms. The summed E-state index contributed by atoms with van der Waals surface area (Å²) in [4.78, 5) is 0. The van der Waals surface area contributed by atoms with Crippen LogP contribution in [0.4, 0.5) is 4.39 Å². The fourth-order valence-corrected chi connectivity index (χ4v) is 2.26. The van der Waals surface area contributed by atoms with Crippen molar-refractivity contribution >= 4 is 0 Å². The second kappa shape index (κ2) is 6.01. The average molecular weight is 238 g/mol. The molecule has 1 N–H and O–H groups in total. The van der Waals surface area contributed by atoms with Crippen LogP contribution in [0.2, 0.25) is 0 Å². The minimum Gasteiger partial charge on any atom is -0.488 e. The maximum atomic E-state index is 12.8. The van der Waals surface area contributed by atoms with E-state index in [1.165, 1.54) is 25.0 Å². The van der Waals surface area contributed by atoms with Gasteiger partial charge in [-0.1, -0.05) is 19.3 Å². The minimum absolute atomic E-state index is 0.152. The number of ether oxygens (including phenoxy) is 1. The molecule has 0 amide bonds. The van der Waals surface area contributed by atoms with Crippen molar-refractivity contribution in [1.82, 2.24) is 0 Å². The monoisotopic (exact) mass is 238 g/mol. The van der Waals surface area contributed by atoms with Crippen molar-refractivity contribution in [2.24, 2.45) is 0 Å². The van der Waals surface area contributed by atoms with Gasteiger partial charge >= 0.3 is 0 Å². The lowest BCUT2D eigenvalue weighted by Crippen LogP contribution is -2.32. The fraction of sp³-hybridized carbons (Fsp3) is 0.571. The highest BCUT2D eigenvalue weighted by atomic mass is 19.1. The maximum absolute atomic E-state index is 12.8. The SMILES string of the molecule is O[C@H]1CCCCCC[C@H]1Oc1ccc(F)cc1. The molecule has 0 aromatic heterocycles. The Bertz CT molecular complexity index is 337. The van der Waals surface area contributed by atoms with Gasteiger partial charge in [0.1, 0.15) is 17.7 Å². The van der Waals surface area contributed by atoms with Gasteiger partial charge in [0, 0.05) is 0 Å². The van der Waals surface area contributed by atoms with Crippen LogP contribution in [0.3, 0.4) is 0 Å². The molecule has 0 spiro atoms. The molecule has 2 rings (SSSR count). The zero-order chi connectivity index (χ0) is 12.1. The summed E-state index contributed by atoms with van der Waals surface area (Å²) in [6.45, 7) is 0. The van der Waals surface area contributed by atoms with Crippen LogP contribution in [0.1, 0.15) is 38.5 Å². The highest BCUT2D eigenvalue weighted by Gasteiger charge is 2.22. The second-order valence-corrected chi connectivity index (χ2v) is 4.67. The first-order valence-electron chi connectivity index (χ1n) is 6.36. The summed E-state index contributed by atoms with van der Waals surface area (Å²) < 4.78 is 18.5. The molecule has 0 radical (unpaired) electrons. The molecule has 0 unspecified atom stereocenters. The summed E-state index contributed by atoms with van der Waals surface area (Å²) in [5.74, 6) is 0.367. The molecular formula is C14H19FO2. The van der Waals surface area contributed by atoms with Gasteiger partial charge in [0.15, 0.2) is 0 Å². The third kappa shape index (κ3) is 3.70. The first-order valence-corrected chi connectivity index (χ1v) is 6.36. The Hall–Kier alpha value is -1.09. The van der Waals surface area contributed by atoms with Gasteiger partial charge in [0.25, 0.3) is 0 Å². The number of aliphatic hydroxyl groups excluding tert-OH is 1. The Morgan fingerprint density at radius 2 is 1.65 bits per heavy atom. The number of hydrogen-bond acceptors (Lipinski definition) is 2. The Morgan fingerprint density at radius 1 is 1.00 bits per heavy atom. The minimum atomic E-state index is -0.402. The van der Waals surface area contributed by atoms with Crippen molar-refractivity contribution in [2.45, 2.75) is 50.7 Å². The summed E-state index contributed by atoms with van der Waals surface area (Å²) in [5.41, 5.74) is 0. The van der Waals surface area contributed by atoms with Crippen molar-refractivity contribution in [3.05, 3.63) is 30.1 Å². The van der Waals surface area contributed by atoms with Crippen LogP contribution >= 0.6 is 0 Å². The Labute approximate surface area is 101 Å². The molecule has 0 aliphatic heterocycles. The normalized spacial score (nSPS) is 26.0. The predicted molar refractivity (Wildman–Crippen MR) is 64.5 cm³/mol. The average Bonchev–Trinajstić information content (AvgIpc) is 2.31. The molecule has 0 bridgehead atoms. The Morgan fingerprint density at radius 3 is 2.35 bits per heavy atom. The number of benzene rings is 1. The van der Waals surface area contributed by atoms with Gasteiger partial charge < -0.3 is 9.84 Å². The second-order valence-electron chi connectivity index (χ2n) is 4.67. The van der Waals surface area contributed by atoms with Crippen LogP contribution in [0.15, 0.2) is 24.3 Å². The highest BCUT2D eigenvalue weighted by Crippen LogP contribution is 2.22. The molecule has 0 saturated heterocycles. The lowest BCUT2D eigenvalue weighted by atomic mass is 9.96. The molecule has 3 heteroatoms. The summed E-state index contributed by atoms with van der Waals surface area (Å²) in [6.07, 6.45) is 5.66. The molecule has 2 nitrogen and oxygen atoms in total. The van der Waals surface area contributed by atoms with E-state index in [2.05, 4.69) is 0 Å². The lowest BCUT2D eigenvalue weighted by molar-refractivity contribution is 0.0187. The van der Waals surface area contributed by atoms with Crippen LogP contribution < -0.4 is 4.74 Å². The van der Waals surface area contributed by atoms with Gasteiger partial charge in [0.2, 0.25) is 0 Å². The molecule has 1 saturated carbocycles. The van der Waals surface area contributed by atoms with E-state index in [1.54, 1.807) is 12.1 Å². The van der Waals surface area contributed by atoms with Crippen molar-refractivity contribution in [3.8, 4) is 5.75 Å². The molecule has 1 fully saturated rings. The third-order valence-corrected chi connectivity index (χ3v) is 3.27. The number of rotatable bonds is 2. The van der Waals surface area contributed by atoms with E-state index >= 15 is 0 Å². The van der Waals surface area contributed by atoms with E-state index in [4.69, 9.17) is 4.74 Å². The number of hydrogen-bond donors (Lipinski definition) is 1. The van der Waals surface area contributed by atoms with Crippen LogP contribution in [0.5, 0.6) is 5.75 Å². The van der Waals surface area contributed by atoms with Gasteiger partial charge in [-0.3, -0.25) is 0 Å². The molecule has 94 valence electrons. The lowest BCUT2D eigenvalue weighted by Gasteiger charge is -2.26. The van der Waals surface area contributed by atoms with E-state index in [9.17, 15) is 9.50 Å². The smallest absolute Gasteiger partial charge is 0.124 e. The number of halogens is 1. The first-order chi connectivity index (χ1) is 8.25. The van der Waals surface area contributed by atoms with Crippen LogP contribution in [0, 0.1) is 5.82 Å². The van der Waals surface area contributed by atoms with Gasteiger partial charge in [-0.15, -0.1) is 0 Å². The quantitative estimate of drug-likeness (QED) is 0.856. The Kier molecular flexibility index (Phi) is 4.37. The van der Waals surface area contributed by atoms with Gasteiger partial charge in [-0.25, -0.2) is 4.39 Å². The zero-order valence-corrected chi connectivity index (χ0v) is 9.94. The molecule has 1 aliphatic rings. The van der Waals surface area contributed by atoms with Crippen LogP contribution in [-0.4, -0.2) is 17.3 Å². The molecule has 1 aromatic rings. The fourth-order valence-electron chi connectivity index (χ4n) is 2.26. The van der Waals surface area contributed by atoms with E-state index in [0.29, 0.717) is 5.75 Å². The van der Waals surface area contributed by atoms with E-state index in [1.807, 2.05) is 0 Å².